The molecule has 1 saturated heterocycles. The van der Waals surface area contributed by atoms with Crippen LogP contribution in [-0.4, -0.2) is 36.5 Å². The summed E-state index contributed by atoms with van der Waals surface area (Å²) >= 11 is 0. The normalized spacial score (nSPS) is 19.7. The average Bonchev–Trinajstić information content (AvgIpc) is 3.12. The van der Waals surface area contributed by atoms with Crippen LogP contribution >= 0.6 is 0 Å². The maximum atomic E-state index is 14.2. The van der Waals surface area contributed by atoms with Crippen molar-refractivity contribution in [1.82, 2.24) is 4.90 Å². The Hall–Kier alpha value is -3.07. The van der Waals surface area contributed by atoms with Crippen LogP contribution in [-0.2, 0) is 11.0 Å². The van der Waals surface area contributed by atoms with Gasteiger partial charge in [-0.2, -0.15) is 13.2 Å². The molecule has 3 N–H and O–H groups in total. The van der Waals surface area contributed by atoms with Crippen molar-refractivity contribution in [2.24, 2.45) is 0 Å². The van der Waals surface area contributed by atoms with Crippen LogP contribution in [0, 0.1) is 5.82 Å². The molecule has 0 aliphatic carbocycles. The second-order valence-electron chi connectivity index (χ2n) is 8.74. The van der Waals surface area contributed by atoms with Crippen molar-refractivity contribution in [2.75, 3.05) is 35.6 Å². The standard InChI is InChI=1S/C25H28F4N4O/c1-16-6-2-3-12-33(16)13-5-11-30-21-10-9-17(14-19(21)25(27,28)29)31-15-18-23-20(26)7-4-8-22(23)32-24(18)34/h4,7-10,14-16,30-31H,2-3,5-6,11-13H2,1H3,(H,32,34). The maximum absolute atomic E-state index is 14.2. The van der Waals surface area contributed by atoms with Gasteiger partial charge in [-0.05, 0) is 63.1 Å². The largest absolute Gasteiger partial charge is 0.418 e. The molecule has 0 radical (unpaired) electrons. The Morgan fingerprint density at radius 2 is 2.03 bits per heavy atom. The fraction of sp³-hybridized carbons (Fsp3) is 0.400. The number of nitrogens with zero attached hydrogens (tertiary/aromatic N) is 1. The van der Waals surface area contributed by atoms with Crippen LogP contribution < -0.4 is 16.0 Å². The number of fused-ring (bicyclic) bond motifs is 1. The Balaban J connectivity index is 1.44. The molecule has 9 heteroatoms. The first-order valence-corrected chi connectivity index (χ1v) is 11.5. The third kappa shape index (κ3) is 5.35. The molecule has 0 aromatic heterocycles. The molecule has 0 saturated carbocycles. The third-order valence-electron chi connectivity index (χ3n) is 6.36. The second-order valence-corrected chi connectivity index (χ2v) is 8.74. The zero-order valence-corrected chi connectivity index (χ0v) is 18.9. The number of benzene rings is 2. The van der Waals surface area contributed by atoms with Crippen LogP contribution in [0.4, 0.5) is 34.6 Å². The fourth-order valence-corrected chi connectivity index (χ4v) is 4.52. The Bertz CT molecular complexity index is 1080. The summed E-state index contributed by atoms with van der Waals surface area (Å²) in [7, 11) is 0. The minimum Gasteiger partial charge on any atom is -0.385 e. The van der Waals surface area contributed by atoms with Crippen molar-refractivity contribution in [1.29, 1.82) is 0 Å². The van der Waals surface area contributed by atoms with Gasteiger partial charge in [-0.15, -0.1) is 0 Å². The number of carbonyl (C=O) groups excluding carboxylic acids is 1. The van der Waals surface area contributed by atoms with Crippen molar-refractivity contribution in [3.63, 3.8) is 0 Å². The lowest BCUT2D eigenvalue weighted by molar-refractivity contribution is -0.136. The van der Waals surface area contributed by atoms with Crippen LogP contribution in [0.15, 0.2) is 42.6 Å². The summed E-state index contributed by atoms with van der Waals surface area (Å²) in [5.74, 6) is -1.11. The number of carbonyl (C=O) groups is 1. The molecule has 1 amide bonds. The number of hydrogen-bond acceptors (Lipinski definition) is 4. The molecule has 5 nitrogen and oxygen atoms in total. The first-order chi connectivity index (χ1) is 16.2. The summed E-state index contributed by atoms with van der Waals surface area (Å²) in [5, 5.41) is 8.18. The number of rotatable bonds is 7. The van der Waals surface area contributed by atoms with Crippen molar-refractivity contribution in [2.45, 2.75) is 44.8 Å². The predicted molar refractivity (Wildman–Crippen MR) is 126 cm³/mol. The highest BCUT2D eigenvalue weighted by atomic mass is 19.4. The number of halogens is 4. The van der Waals surface area contributed by atoms with E-state index in [0.29, 0.717) is 18.3 Å². The van der Waals surface area contributed by atoms with E-state index in [1.807, 2.05) is 0 Å². The monoisotopic (exact) mass is 476 g/mol. The van der Waals surface area contributed by atoms with E-state index in [1.165, 1.54) is 43.3 Å². The van der Waals surface area contributed by atoms with Crippen LogP contribution in [0.5, 0.6) is 0 Å². The van der Waals surface area contributed by atoms with Crippen molar-refractivity contribution in [3.8, 4) is 0 Å². The van der Waals surface area contributed by atoms with Crippen molar-refractivity contribution < 1.29 is 22.4 Å². The van der Waals surface area contributed by atoms with Gasteiger partial charge in [-0.1, -0.05) is 12.5 Å². The van der Waals surface area contributed by atoms with E-state index in [1.54, 1.807) is 6.07 Å². The molecule has 4 rings (SSSR count). The number of hydrogen-bond donors (Lipinski definition) is 3. The van der Waals surface area contributed by atoms with Gasteiger partial charge in [0.2, 0.25) is 0 Å². The highest BCUT2D eigenvalue weighted by Gasteiger charge is 2.34. The highest BCUT2D eigenvalue weighted by Crippen LogP contribution is 2.37. The smallest absolute Gasteiger partial charge is 0.385 e. The van der Waals surface area contributed by atoms with E-state index in [0.717, 1.165) is 32.0 Å². The summed E-state index contributed by atoms with van der Waals surface area (Å²) < 4.78 is 55.4. The molecule has 182 valence electrons. The minimum absolute atomic E-state index is 0.00685. The zero-order valence-electron chi connectivity index (χ0n) is 18.9. The molecule has 2 aliphatic heterocycles. The maximum Gasteiger partial charge on any atom is 0.418 e. The zero-order chi connectivity index (χ0) is 24.3. The van der Waals surface area contributed by atoms with Crippen molar-refractivity contribution >= 4 is 28.5 Å². The number of anilines is 3. The highest BCUT2D eigenvalue weighted by molar-refractivity contribution is 6.31. The lowest BCUT2D eigenvalue weighted by Crippen LogP contribution is -2.38. The lowest BCUT2D eigenvalue weighted by Gasteiger charge is -2.33. The molecule has 2 aromatic carbocycles. The predicted octanol–water partition coefficient (Wildman–Crippen LogP) is 5.93. The van der Waals surface area contributed by atoms with Gasteiger partial charge in [0.25, 0.3) is 5.91 Å². The van der Waals surface area contributed by atoms with Crippen LogP contribution in [0.2, 0.25) is 0 Å². The number of piperidine rings is 1. The Morgan fingerprint density at radius 1 is 1.21 bits per heavy atom. The molecule has 0 bridgehead atoms. The van der Waals surface area contributed by atoms with Crippen LogP contribution in [0.25, 0.3) is 5.57 Å². The number of likely N-dealkylation sites (tertiary alicyclic amines) is 1. The summed E-state index contributed by atoms with van der Waals surface area (Å²) in [6.07, 6.45) is 0.975. The number of amides is 1. The van der Waals surface area contributed by atoms with E-state index in [-0.39, 0.29) is 22.5 Å². The van der Waals surface area contributed by atoms with Gasteiger partial charge < -0.3 is 20.9 Å². The molecular formula is C25H28F4N4O. The SMILES string of the molecule is CC1CCCCN1CCCNc1ccc(NC=C2C(=O)Nc3cccc(F)c32)cc1C(F)(F)F. The van der Waals surface area contributed by atoms with Gasteiger partial charge in [0.1, 0.15) is 5.82 Å². The molecule has 2 aromatic rings. The van der Waals surface area contributed by atoms with Crippen LogP contribution in [0.1, 0.15) is 43.7 Å². The first kappa shape index (κ1) is 24.1. The molecule has 2 aliphatic rings. The molecule has 0 spiro atoms. The van der Waals surface area contributed by atoms with E-state index in [9.17, 15) is 22.4 Å². The molecule has 1 atom stereocenters. The molecule has 2 heterocycles. The van der Waals surface area contributed by atoms with E-state index >= 15 is 0 Å². The second kappa shape index (κ2) is 10.0. The number of alkyl halides is 3. The molecule has 34 heavy (non-hydrogen) atoms. The minimum atomic E-state index is -4.56. The summed E-state index contributed by atoms with van der Waals surface area (Å²) in [6.45, 7) is 4.51. The summed E-state index contributed by atoms with van der Waals surface area (Å²) in [4.78, 5) is 14.6. The lowest BCUT2D eigenvalue weighted by atomic mass is 10.0. The van der Waals surface area contributed by atoms with Gasteiger partial charge in [0, 0.05) is 42.3 Å². The van der Waals surface area contributed by atoms with Gasteiger partial charge >= 0.3 is 6.18 Å². The van der Waals surface area contributed by atoms with E-state index < -0.39 is 23.5 Å². The van der Waals surface area contributed by atoms with Gasteiger partial charge in [0.05, 0.1) is 16.8 Å². The Morgan fingerprint density at radius 3 is 2.79 bits per heavy atom. The topological polar surface area (TPSA) is 56.4 Å². The number of nitrogens with one attached hydrogen (secondary N) is 3. The Labute approximate surface area is 196 Å². The summed E-state index contributed by atoms with van der Waals surface area (Å²) in [6, 6.07) is 8.63. The Kier molecular flexibility index (Phi) is 7.11. The molecule has 1 fully saturated rings. The van der Waals surface area contributed by atoms with Gasteiger partial charge in [-0.3, -0.25) is 4.79 Å². The third-order valence-corrected chi connectivity index (χ3v) is 6.36. The van der Waals surface area contributed by atoms with Crippen LogP contribution in [0.3, 0.4) is 0 Å². The average molecular weight is 477 g/mol. The van der Waals surface area contributed by atoms with E-state index in [2.05, 4.69) is 27.8 Å². The van der Waals surface area contributed by atoms with Crippen molar-refractivity contribution in [3.05, 3.63) is 59.5 Å². The molecule has 1 unspecified atom stereocenters. The fourth-order valence-electron chi connectivity index (χ4n) is 4.52. The van der Waals surface area contributed by atoms with Gasteiger partial charge in [0.15, 0.2) is 0 Å². The van der Waals surface area contributed by atoms with Gasteiger partial charge in [-0.25, -0.2) is 4.39 Å². The van der Waals surface area contributed by atoms with E-state index in [4.69, 9.17) is 0 Å². The quantitative estimate of drug-likeness (QED) is 0.264. The first-order valence-electron chi connectivity index (χ1n) is 11.5. The molecular weight excluding hydrogens is 448 g/mol. The summed E-state index contributed by atoms with van der Waals surface area (Å²) in [5.41, 5.74) is -0.206.